The number of nitrogens with one attached hydrogen (secondary N) is 1. The summed E-state index contributed by atoms with van der Waals surface area (Å²) in [4.78, 5) is 31.5. The molecule has 2 aromatic carbocycles. The molecule has 1 unspecified atom stereocenters. The van der Waals surface area contributed by atoms with Crippen molar-refractivity contribution < 1.29 is 14.3 Å². The molecule has 29 heavy (non-hydrogen) atoms. The normalized spacial score (nSPS) is 17.6. The highest BCUT2D eigenvalue weighted by atomic mass is 32.2. The minimum atomic E-state index is -0.488. The molecule has 1 heterocycles. The molecule has 1 aliphatic heterocycles. The summed E-state index contributed by atoms with van der Waals surface area (Å²) >= 11 is 1.32. The number of para-hydroxylation sites is 2. The second-order valence-electron chi connectivity index (χ2n) is 6.56. The molecule has 152 valence electrons. The molecule has 1 aliphatic rings. The lowest BCUT2D eigenvalue weighted by molar-refractivity contribution is -0.128. The van der Waals surface area contributed by atoms with Gasteiger partial charge in [0.25, 0.3) is 0 Å². The van der Waals surface area contributed by atoms with E-state index in [0.717, 1.165) is 12.1 Å². The summed E-state index contributed by atoms with van der Waals surface area (Å²) in [7, 11) is 1.59. The van der Waals surface area contributed by atoms with Gasteiger partial charge in [0.05, 0.1) is 7.11 Å². The lowest BCUT2D eigenvalue weighted by atomic mass is 10.1. The molecule has 7 heteroatoms. The largest absolute Gasteiger partial charge is 0.494 e. The Morgan fingerprint density at radius 2 is 1.90 bits per heavy atom. The number of hydrogen-bond donors (Lipinski definition) is 1. The summed E-state index contributed by atoms with van der Waals surface area (Å²) in [5.41, 5.74) is 2.60. The SMILES string of the molecule is CCc1ccc(NC(=O)CC2SC(=Nc3ccccc3OC)N(CC)C2=O)cc1. The number of rotatable bonds is 7. The van der Waals surface area contributed by atoms with Gasteiger partial charge in [-0.25, -0.2) is 4.99 Å². The van der Waals surface area contributed by atoms with E-state index >= 15 is 0 Å². The van der Waals surface area contributed by atoms with Crippen LogP contribution in [0.3, 0.4) is 0 Å². The zero-order valence-corrected chi connectivity index (χ0v) is 17.7. The van der Waals surface area contributed by atoms with Crippen molar-refractivity contribution in [2.24, 2.45) is 4.99 Å². The molecule has 1 atom stereocenters. The minimum absolute atomic E-state index is 0.0948. The Bertz CT molecular complexity index is 912. The van der Waals surface area contributed by atoms with Crippen molar-refractivity contribution in [2.75, 3.05) is 19.0 Å². The topological polar surface area (TPSA) is 71.0 Å². The molecule has 0 saturated carbocycles. The third-order valence-corrected chi connectivity index (χ3v) is 5.83. The highest BCUT2D eigenvalue weighted by Crippen LogP contribution is 2.34. The van der Waals surface area contributed by atoms with Gasteiger partial charge in [0.2, 0.25) is 11.8 Å². The highest BCUT2D eigenvalue weighted by Gasteiger charge is 2.38. The van der Waals surface area contributed by atoms with Gasteiger partial charge in [0, 0.05) is 18.7 Å². The van der Waals surface area contributed by atoms with E-state index in [1.165, 1.54) is 17.3 Å². The first-order valence-electron chi connectivity index (χ1n) is 9.64. The summed E-state index contributed by atoms with van der Waals surface area (Å²) in [6, 6.07) is 15.1. The maximum atomic E-state index is 12.8. The van der Waals surface area contributed by atoms with Crippen LogP contribution in [-0.4, -0.2) is 40.8 Å². The van der Waals surface area contributed by atoms with Crippen molar-refractivity contribution in [3.05, 3.63) is 54.1 Å². The van der Waals surface area contributed by atoms with Crippen LogP contribution in [-0.2, 0) is 16.0 Å². The fourth-order valence-corrected chi connectivity index (χ4v) is 4.26. The highest BCUT2D eigenvalue weighted by molar-refractivity contribution is 8.15. The molecule has 1 saturated heterocycles. The Hall–Kier alpha value is -2.80. The molecular weight excluding hydrogens is 386 g/mol. The predicted octanol–water partition coefficient (Wildman–Crippen LogP) is 4.24. The van der Waals surface area contributed by atoms with E-state index < -0.39 is 5.25 Å². The average Bonchev–Trinajstić information content (AvgIpc) is 3.02. The van der Waals surface area contributed by atoms with E-state index in [-0.39, 0.29) is 18.2 Å². The van der Waals surface area contributed by atoms with Crippen molar-refractivity contribution in [1.82, 2.24) is 4.90 Å². The maximum Gasteiger partial charge on any atom is 0.242 e. The monoisotopic (exact) mass is 411 g/mol. The summed E-state index contributed by atoms with van der Waals surface area (Å²) in [6.07, 6.45) is 1.04. The number of ether oxygens (including phenoxy) is 1. The predicted molar refractivity (Wildman–Crippen MR) is 118 cm³/mol. The molecule has 0 aliphatic carbocycles. The molecule has 1 fully saturated rings. The van der Waals surface area contributed by atoms with Gasteiger partial charge in [-0.1, -0.05) is 43.0 Å². The van der Waals surface area contributed by atoms with Crippen LogP contribution in [0.5, 0.6) is 5.75 Å². The number of aryl methyl sites for hydroxylation is 1. The van der Waals surface area contributed by atoms with Crippen LogP contribution in [0.15, 0.2) is 53.5 Å². The number of anilines is 1. The number of nitrogens with zero attached hydrogens (tertiary/aromatic N) is 2. The van der Waals surface area contributed by atoms with Crippen molar-refractivity contribution in [1.29, 1.82) is 0 Å². The number of amidine groups is 1. The molecule has 3 rings (SSSR count). The van der Waals surface area contributed by atoms with Gasteiger partial charge >= 0.3 is 0 Å². The molecule has 6 nitrogen and oxygen atoms in total. The zero-order chi connectivity index (χ0) is 20.8. The quantitative estimate of drug-likeness (QED) is 0.740. The van der Waals surface area contributed by atoms with Gasteiger partial charge < -0.3 is 10.1 Å². The molecule has 0 spiro atoms. The maximum absolute atomic E-state index is 12.8. The number of hydrogen-bond acceptors (Lipinski definition) is 5. The first-order valence-corrected chi connectivity index (χ1v) is 10.5. The van der Waals surface area contributed by atoms with Gasteiger partial charge in [-0.3, -0.25) is 14.5 Å². The number of carbonyl (C=O) groups excluding carboxylic acids is 2. The molecule has 0 aromatic heterocycles. The van der Waals surface area contributed by atoms with Crippen molar-refractivity contribution in [3.63, 3.8) is 0 Å². The first kappa shape index (κ1) is 20.9. The van der Waals surface area contributed by atoms with Gasteiger partial charge in [-0.15, -0.1) is 0 Å². The Labute approximate surface area is 175 Å². The zero-order valence-electron chi connectivity index (χ0n) is 16.8. The van der Waals surface area contributed by atoms with E-state index in [1.807, 2.05) is 55.5 Å². The van der Waals surface area contributed by atoms with E-state index in [1.54, 1.807) is 12.0 Å². The number of aliphatic imine (C=N–C) groups is 1. The Morgan fingerprint density at radius 1 is 1.17 bits per heavy atom. The molecule has 2 amide bonds. The Kier molecular flexibility index (Phi) is 6.93. The van der Waals surface area contributed by atoms with Gasteiger partial charge in [-0.2, -0.15) is 0 Å². The van der Waals surface area contributed by atoms with Crippen LogP contribution < -0.4 is 10.1 Å². The van der Waals surface area contributed by atoms with Crippen LogP contribution in [0, 0.1) is 0 Å². The molecule has 1 N–H and O–H groups in total. The van der Waals surface area contributed by atoms with E-state index in [2.05, 4.69) is 17.2 Å². The lowest BCUT2D eigenvalue weighted by Crippen LogP contribution is -2.33. The number of thioether (sulfide) groups is 1. The number of carbonyl (C=O) groups is 2. The summed E-state index contributed by atoms with van der Waals surface area (Å²) in [5.74, 6) is 0.359. The standard InChI is InChI=1S/C22H25N3O3S/c1-4-15-10-12-16(13-11-15)23-20(26)14-19-21(27)25(5-2)22(29-19)24-17-8-6-7-9-18(17)28-3/h6-13,19H,4-5,14H2,1-3H3,(H,23,26). The number of amides is 2. The fraction of sp³-hybridized carbons (Fsp3) is 0.318. The second-order valence-corrected chi connectivity index (χ2v) is 7.73. The molecular formula is C22H25N3O3S. The average molecular weight is 412 g/mol. The molecule has 2 aromatic rings. The number of benzene rings is 2. The van der Waals surface area contributed by atoms with Crippen LogP contribution in [0.1, 0.15) is 25.8 Å². The molecule has 0 bridgehead atoms. The van der Waals surface area contributed by atoms with E-state index in [0.29, 0.717) is 23.1 Å². The van der Waals surface area contributed by atoms with Gasteiger partial charge in [0.1, 0.15) is 16.7 Å². The van der Waals surface area contributed by atoms with Crippen LogP contribution in [0.4, 0.5) is 11.4 Å². The van der Waals surface area contributed by atoms with E-state index in [4.69, 9.17) is 4.74 Å². The Morgan fingerprint density at radius 3 is 2.55 bits per heavy atom. The van der Waals surface area contributed by atoms with E-state index in [9.17, 15) is 9.59 Å². The summed E-state index contributed by atoms with van der Waals surface area (Å²) < 4.78 is 5.34. The first-order chi connectivity index (χ1) is 14.0. The van der Waals surface area contributed by atoms with Gasteiger partial charge in [-0.05, 0) is 43.2 Å². The summed E-state index contributed by atoms with van der Waals surface area (Å²) in [6.45, 7) is 4.48. The lowest BCUT2D eigenvalue weighted by Gasteiger charge is -2.14. The minimum Gasteiger partial charge on any atom is -0.494 e. The van der Waals surface area contributed by atoms with Crippen LogP contribution in [0.25, 0.3) is 0 Å². The van der Waals surface area contributed by atoms with Crippen molar-refractivity contribution in [2.45, 2.75) is 31.9 Å². The third kappa shape index (κ3) is 4.98. The van der Waals surface area contributed by atoms with Crippen LogP contribution >= 0.6 is 11.8 Å². The van der Waals surface area contributed by atoms with Crippen LogP contribution in [0.2, 0.25) is 0 Å². The Balaban J connectivity index is 1.71. The second kappa shape index (κ2) is 9.60. The smallest absolute Gasteiger partial charge is 0.242 e. The fourth-order valence-electron chi connectivity index (χ4n) is 3.05. The van der Waals surface area contributed by atoms with Crippen molar-refractivity contribution >= 4 is 40.1 Å². The summed E-state index contributed by atoms with van der Waals surface area (Å²) in [5, 5.41) is 2.98. The number of methoxy groups -OCH3 is 1. The third-order valence-electron chi connectivity index (χ3n) is 4.65. The van der Waals surface area contributed by atoms with Gasteiger partial charge in [0.15, 0.2) is 5.17 Å². The molecule has 0 radical (unpaired) electrons. The van der Waals surface area contributed by atoms with Crippen molar-refractivity contribution in [3.8, 4) is 5.75 Å².